The number of nitrogens with one attached hydrogen (secondary N) is 2. The van der Waals surface area contributed by atoms with Gasteiger partial charge in [-0.3, -0.25) is 9.59 Å². The quantitative estimate of drug-likeness (QED) is 0.781. The third kappa shape index (κ3) is 2.76. The summed E-state index contributed by atoms with van der Waals surface area (Å²) < 4.78 is 0. The molecule has 0 aliphatic heterocycles. The summed E-state index contributed by atoms with van der Waals surface area (Å²) in [6.07, 6.45) is 1.96. The van der Waals surface area contributed by atoms with E-state index in [4.69, 9.17) is 5.11 Å². The van der Waals surface area contributed by atoms with Crippen LogP contribution in [0.25, 0.3) is 10.9 Å². The zero-order valence-electron chi connectivity index (χ0n) is 10.9. The normalized spacial score (nSPS) is 12.3. The summed E-state index contributed by atoms with van der Waals surface area (Å²) in [5.41, 5.74) is 2.99. The van der Waals surface area contributed by atoms with Gasteiger partial charge in [0, 0.05) is 17.1 Å². The maximum absolute atomic E-state index is 11.8. The summed E-state index contributed by atoms with van der Waals surface area (Å²) in [6.45, 7) is 3.44. The molecule has 0 radical (unpaired) electrons. The number of carbonyl (C=O) groups excluding carboxylic acids is 1. The Hall–Kier alpha value is -2.30. The maximum Gasteiger partial charge on any atom is 0.325 e. The van der Waals surface area contributed by atoms with Crippen molar-refractivity contribution in [2.24, 2.45) is 0 Å². The van der Waals surface area contributed by atoms with Crippen LogP contribution in [0.5, 0.6) is 0 Å². The lowest BCUT2D eigenvalue weighted by Crippen LogP contribution is -2.39. The number of aliphatic carboxylic acids is 1. The number of aryl methyl sites for hydroxylation is 1. The molecule has 100 valence electrons. The van der Waals surface area contributed by atoms with Crippen LogP contribution in [-0.2, 0) is 16.0 Å². The molecule has 0 aliphatic carbocycles. The molecule has 0 spiro atoms. The molecule has 5 heteroatoms. The van der Waals surface area contributed by atoms with Crippen molar-refractivity contribution < 1.29 is 14.7 Å². The second kappa shape index (κ2) is 5.14. The average molecular weight is 260 g/mol. The van der Waals surface area contributed by atoms with E-state index < -0.39 is 12.0 Å². The van der Waals surface area contributed by atoms with Crippen LogP contribution in [0.3, 0.4) is 0 Å². The summed E-state index contributed by atoms with van der Waals surface area (Å²) >= 11 is 0. The highest BCUT2D eigenvalue weighted by molar-refractivity contribution is 5.91. The standard InChI is InChI=1S/C14H16N2O3/c1-8-4-3-5-11-10(7-15-13(8)11)6-12(17)16-9(2)14(18)19/h3-5,7,9,15H,6H2,1-2H3,(H,16,17)(H,18,19). The van der Waals surface area contributed by atoms with Crippen LogP contribution in [0.15, 0.2) is 24.4 Å². The third-order valence-corrected chi connectivity index (χ3v) is 3.11. The zero-order chi connectivity index (χ0) is 14.0. The van der Waals surface area contributed by atoms with Crippen molar-refractivity contribution in [3.05, 3.63) is 35.5 Å². The number of hydrogen-bond acceptors (Lipinski definition) is 2. The number of carboxylic acid groups (broad SMARTS) is 1. The van der Waals surface area contributed by atoms with Crippen LogP contribution in [-0.4, -0.2) is 28.0 Å². The molecule has 1 aromatic heterocycles. The summed E-state index contributed by atoms with van der Waals surface area (Å²) in [7, 11) is 0. The van der Waals surface area contributed by atoms with Crippen molar-refractivity contribution >= 4 is 22.8 Å². The number of carboxylic acids is 1. The first-order chi connectivity index (χ1) is 8.99. The monoisotopic (exact) mass is 260 g/mol. The third-order valence-electron chi connectivity index (χ3n) is 3.11. The van der Waals surface area contributed by atoms with Gasteiger partial charge in [-0.15, -0.1) is 0 Å². The Kier molecular flexibility index (Phi) is 3.55. The van der Waals surface area contributed by atoms with Crippen LogP contribution >= 0.6 is 0 Å². The molecule has 2 rings (SSSR count). The fourth-order valence-electron chi connectivity index (χ4n) is 2.04. The second-order valence-electron chi connectivity index (χ2n) is 4.62. The highest BCUT2D eigenvalue weighted by atomic mass is 16.4. The molecule has 2 aromatic rings. The lowest BCUT2D eigenvalue weighted by molar-refractivity contribution is -0.141. The van der Waals surface area contributed by atoms with Gasteiger partial charge in [-0.05, 0) is 25.0 Å². The number of amides is 1. The van der Waals surface area contributed by atoms with E-state index in [0.717, 1.165) is 22.0 Å². The number of hydrogen-bond donors (Lipinski definition) is 3. The minimum Gasteiger partial charge on any atom is -0.480 e. The Morgan fingerprint density at radius 2 is 2.16 bits per heavy atom. The Labute approximate surface area is 110 Å². The molecule has 1 unspecified atom stereocenters. The summed E-state index contributed by atoms with van der Waals surface area (Å²) in [5, 5.41) is 12.2. The van der Waals surface area contributed by atoms with E-state index >= 15 is 0 Å². The number of para-hydroxylation sites is 1. The second-order valence-corrected chi connectivity index (χ2v) is 4.62. The fourth-order valence-corrected chi connectivity index (χ4v) is 2.04. The van der Waals surface area contributed by atoms with Gasteiger partial charge in [0.15, 0.2) is 0 Å². The van der Waals surface area contributed by atoms with Crippen molar-refractivity contribution in [3.8, 4) is 0 Å². The molecule has 0 bridgehead atoms. The van der Waals surface area contributed by atoms with Crippen LogP contribution in [0.1, 0.15) is 18.1 Å². The van der Waals surface area contributed by atoms with Gasteiger partial charge in [0.1, 0.15) is 6.04 Å². The van der Waals surface area contributed by atoms with Crippen molar-refractivity contribution in [1.29, 1.82) is 0 Å². The number of carbonyl (C=O) groups is 2. The average Bonchev–Trinajstić information content (AvgIpc) is 2.73. The molecular weight excluding hydrogens is 244 g/mol. The fraction of sp³-hybridized carbons (Fsp3) is 0.286. The SMILES string of the molecule is Cc1cccc2c(CC(=O)NC(C)C(=O)O)c[nH]c12. The maximum atomic E-state index is 11.8. The van der Waals surface area contributed by atoms with Gasteiger partial charge in [-0.1, -0.05) is 18.2 Å². The van der Waals surface area contributed by atoms with E-state index in [1.54, 1.807) is 6.20 Å². The van der Waals surface area contributed by atoms with Gasteiger partial charge in [-0.2, -0.15) is 0 Å². The number of aromatic amines is 1. The van der Waals surface area contributed by atoms with E-state index in [0.29, 0.717) is 0 Å². The molecule has 1 aromatic carbocycles. The first-order valence-corrected chi connectivity index (χ1v) is 6.07. The van der Waals surface area contributed by atoms with Gasteiger partial charge < -0.3 is 15.4 Å². The van der Waals surface area contributed by atoms with Crippen molar-refractivity contribution in [2.45, 2.75) is 26.3 Å². The predicted octanol–water partition coefficient (Wildman–Crippen LogP) is 1.61. The molecule has 0 saturated carbocycles. The van der Waals surface area contributed by atoms with Gasteiger partial charge in [0.25, 0.3) is 0 Å². The molecule has 0 saturated heterocycles. The number of H-pyrrole nitrogens is 1. The largest absolute Gasteiger partial charge is 0.480 e. The topological polar surface area (TPSA) is 82.2 Å². The lowest BCUT2D eigenvalue weighted by atomic mass is 10.1. The minimum atomic E-state index is -1.04. The Morgan fingerprint density at radius 3 is 2.84 bits per heavy atom. The van der Waals surface area contributed by atoms with Crippen molar-refractivity contribution in [2.75, 3.05) is 0 Å². The molecular formula is C14H16N2O3. The van der Waals surface area contributed by atoms with Crippen LogP contribution in [0, 0.1) is 6.92 Å². The summed E-state index contributed by atoms with van der Waals surface area (Å²) in [4.78, 5) is 25.6. The summed E-state index contributed by atoms with van der Waals surface area (Å²) in [5.74, 6) is -1.33. The first-order valence-electron chi connectivity index (χ1n) is 6.07. The number of rotatable bonds is 4. The molecule has 1 amide bonds. The molecule has 0 aliphatic rings. The Morgan fingerprint density at radius 1 is 1.42 bits per heavy atom. The van der Waals surface area contributed by atoms with Gasteiger partial charge in [-0.25, -0.2) is 0 Å². The predicted molar refractivity (Wildman–Crippen MR) is 72.0 cm³/mol. The highest BCUT2D eigenvalue weighted by Gasteiger charge is 2.15. The smallest absolute Gasteiger partial charge is 0.325 e. The molecule has 19 heavy (non-hydrogen) atoms. The molecule has 1 atom stereocenters. The molecule has 3 N–H and O–H groups in total. The summed E-state index contributed by atoms with van der Waals surface area (Å²) in [6, 6.07) is 5.00. The Balaban J connectivity index is 2.16. The van der Waals surface area contributed by atoms with Crippen LogP contribution in [0.4, 0.5) is 0 Å². The van der Waals surface area contributed by atoms with Gasteiger partial charge >= 0.3 is 5.97 Å². The number of aromatic nitrogens is 1. The number of fused-ring (bicyclic) bond motifs is 1. The van der Waals surface area contributed by atoms with Crippen molar-refractivity contribution in [1.82, 2.24) is 10.3 Å². The minimum absolute atomic E-state index is 0.168. The van der Waals surface area contributed by atoms with Crippen LogP contribution in [0.2, 0.25) is 0 Å². The zero-order valence-corrected chi connectivity index (χ0v) is 10.9. The van der Waals surface area contributed by atoms with E-state index in [-0.39, 0.29) is 12.3 Å². The van der Waals surface area contributed by atoms with E-state index in [9.17, 15) is 9.59 Å². The number of benzene rings is 1. The lowest BCUT2D eigenvalue weighted by Gasteiger charge is -2.08. The first kappa shape index (κ1) is 13.1. The Bertz CT molecular complexity index is 631. The van der Waals surface area contributed by atoms with E-state index in [1.165, 1.54) is 6.92 Å². The van der Waals surface area contributed by atoms with E-state index in [1.807, 2.05) is 25.1 Å². The molecule has 5 nitrogen and oxygen atoms in total. The molecule has 1 heterocycles. The van der Waals surface area contributed by atoms with Crippen molar-refractivity contribution in [3.63, 3.8) is 0 Å². The highest BCUT2D eigenvalue weighted by Crippen LogP contribution is 2.21. The molecule has 0 fully saturated rings. The van der Waals surface area contributed by atoms with E-state index in [2.05, 4.69) is 10.3 Å². The van der Waals surface area contributed by atoms with Gasteiger partial charge in [0.05, 0.1) is 6.42 Å². The van der Waals surface area contributed by atoms with Crippen LogP contribution < -0.4 is 5.32 Å². The van der Waals surface area contributed by atoms with Gasteiger partial charge in [0.2, 0.25) is 5.91 Å².